The molecule has 0 aliphatic carbocycles. The molecule has 2 aromatic rings. The lowest BCUT2D eigenvalue weighted by atomic mass is 10.0. The molecule has 3 rings (SSSR count). The van der Waals surface area contributed by atoms with Crippen molar-refractivity contribution in [2.45, 2.75) is 13.8 Å². The lowest BCUT2D eigenvalue weighted by molar-refractivity contribution is -0.136. The first-order valence-electron chi connectivity index (χ1n) is 8.80. The van der Waals surface area contributed by atoms with Gasteiger partial charge in [0.25, 0.3) is 5.91 Å². The van der Waals surface area contributed by atoms with E-state index in [-0.39, 0.29) is 22.9 Å². The fraction of sp³-hybridized carbons (Fsp3) is 0.182. The Kier molecular flexibility index (Phi) is 5.59. The maximum Gasteiger partial charge on any atom is 0.340 e. The number of halogens is 1. The Morgan fingerprint density at radius 1 is 1.11 bits per heavy atom. The fourth-order valence-electron chi connectivity index (χ4n) is 3.07. The van der Waals surface area contributed by atoms with Crippen LogP contribution in [0.15, 0.2) is 65.4 Å². The molecule has 0 saturated heterocycles. The molecule has 6 heteroatoms. The lowest BCUT2D eigenvalue weighted by Gasteiger charge is -2.18. The topological polar surface area (TPSA) is 55.8 Å². The monoisotopic (exact) mass is 381 g/mol. The predicted octanol–water partition coefficient (Wildman–Crippen LogP) is 4.10. The highest BCUT2D eigenvalue weighted by Gasteiger charge is 2.37. The van der Waals surface area contributed by atoms with Crippen molar-refractivity contribution in [1.29, 1.82) is 0 Å². The minimum absolute atomic E-state index is 0.186. The van der Waals surface area contributed by atoms with E-state index in [1.807, 2.05) is 6.92 Å². The van der Waals surface area contributed by atoms with Gasteiger partial charge in [-0.3, -0.25) is 9.69 Å². The number of amides is 1. The number of carbonyl (C=O) groups is 2. The Morgan fingerprint density at radius 2 is 1.75 bits per heavy atom. The highest BCUT2D eigenvalue weighted by Crippen LogP contribution is 2.36. The highest BCUT2D eigenvalue weighted by atomic mass is 19.1. The summed E-state index contributed by atoms with van der Waals surface area (Å²) in [5.74, 6) is -0.648. The standard InChI is InChI=1S/C22H20FNO4/c1-4-28-18-11-9-17(10-12-18)24-14(2)20(22(26)27-3)19(21(24)25)13-15-5-7-16(23)8-6-15/h5-13H,4H2,1-3H3/b19-13-. The van der Waals surface area contributed by atoms with Gasteiger partial charge in [0.15, 0.2) is 0 Å². The molecule has 1 heterocycles. The third-order valence-corrected chi connectivity index (χ3v) is 4.38. The van der Waals surface area contributed by atoms with E-state index in [9.17, 15) is 14.0 Å². The highest BCUT2D eigenvalue weighted by molar-refractivity contribution is 6.23. The van der Waals surface area contributed by atoms with Gasteiger partial charge in [0.2, 0.25) is 0 Å². The second-order valence-electron chi connectivity index (χ2n) is 6.13. The van der Waals surface area contributed by atoms with Gasteiger partial charge in [-0.15, -0.1) is 0 Å². The first-order chi connectivity index (χ1) is 13.5. The van der Waals surface area contributed by atoms with Gasteiger partial charge < -0.3 is 9.47 Å². The molecule has 0 radical (unpaired) electrons. The molecule has 144 valence electrons. The zero-order valence-corrected chi connectivity index (χ0v) is 15.9. The number of carbonyl (C=O) groups excluding carboxylic acids is 2. The number of rotatable bonds is 5. The Morgan fingerprint density at radius 3 is 2.32 bits per heavy atom. The maximum atomic E-state index is 13.2. The van der Waals surface area contributed by atoms with E-state index >= 15 is 0 Å². The summed E-state index contributed by atoms with van der Waals surface area (Å²) < 4.78 is 23.5. The number of benzene rings is 2. The summed E-state index contributed by atoms with van der Waals surface area (Å²) in [6.07, 6.45) is 1.56. The number of anilines is 1. The molecule has 1 aliphatic heterocycles. The van der Waals surface area contributed by atoms with Crippen molar-refractivity contribution in [3.8, 4) is 5.75 Å². The molecule has 0 saturated carbocycles. The molecule has 0 bridgehead atoms. The molecule has 1 amide bonds. The maximum absolute atomic E-state index is 13.2. The minimum Gasteiger partial charge on any atom is -0.494 e. The third-order valence-electron chi connectivity index (χ3n) is 4.38. The van der Waals surface area contributed by atoms with Crippen LogP contribution in [0.5, 0.6) is 5.75 Å². The van der Waals surface area contributed by atoms with E-state index in [2.05, 4.69) is 0 Å². The van der Waals surface area contributed by atoms with Crippen molar-refractivity contribution in [3.05, 3.63) is 76.8 Å². The van der Waals surface area contributed by atoms with Crippen LogP contribution in [0, 0.1) is 5.82 Å². The van der Waals surface area contributed by atoms with Gasteiger partial charge >= 0.3 is 5.97 Å². The van der Waals surface area contributed by atoms with Gasteiger partial charge in [0.05, 0.1) is 24.9 Å². The van der Waals surface area contributed by atoms with Crippen molar-refractivity contribution in [3.63, 3.8) is 0 Å². The second kappa shape index (κ2) is 8.08. The molecule has 5 nitrogen and oxygen atoms in total. The molecule has 0 fully saturated rings. The van der Waals surface area contributed by atoms with Gasteiger partial charge in [0.1, 0.15) is 11.6 Å². The molecule has 0 N–H and O–H groups in total. The fourth-order valence-corrected chi connectivity index (χ4v) is 3.07. The summed E-state index contributed by atoms with van der Waals surface area (Å²) in [6.45, 7) is 4.12. The Hall–Kier alpha value is -3.41. The molecular formula is C22H20FNO4. The molecule has 28 heavy (non-hydrogen) atoms. The minimum atomic E-state index is -0.604. The summed E-state index contributed by atoms with van der Waals surface area (Å²) in [5.41, 5.74) is 2.06. The zero-order valence-electron chi connectivity index (χ0n) is 15.9. The number of allylic oxidation sites excluding steroid dienone is 1. The van der Waals surface area contributed by atoms with Crippen LogP contribution in [0.25, 0.3) is 6.08 Å². The normalized spacial score (nSPS) is 15.4. The van der Waals surface area contributed by atoms with E-state index in [1.54, 1.807) is 49.4 Å². The van der Waals surface area contributed by atoms with Crippen LogP contribution in [0.4, 0.5) is 10.1 Å². The van der Waals surface area contributed by atoms with Gasteiger partial charge in [0, 0.05) is 11.4 Å². The summed E-state index contributed by atoms with van der Waals surface area (Å²) in [4.78, 5) is 26.9. The van der Waals surface area contributed by atoms with Gasteiger partial charge in [-0.05, 0) is 61.9 Å². The van der Waals surface area contributed by atoms with Crippen molar-refractivity contribution in [2.24, 2.45) is 0 Å². The van der Waals surface area contributed by atoms with Crippen molar-refractivity contribution in [2.75, 3.05) is 18.6 Å². The number of methoxy groups -OCH3 is 1. The molecular weight excluding hydrogens is 361 g/mol. The third kappa shape index (κ3) is 3.67. The van der Waals surface area contributed by atoms with Crippen LogP contribution >= 0.6 is 0 Å². The number of hydrogen-bond donors (Lipinski definition) is 0. The largest absolute Gasteiger partial charge is 0.494 e. The van der Waals surface area contributed by atoms with Crippen molar-refractivity contribution in [1.82, 2.24) is 0 Å². The molecule has 0 unspecified atom stereocenters. The van der Waals surface area contributed by atoms with Crippen LogP contribution < -0.4 is 9.64 Å². The van der Waals surface area contributed by atoms with Crippen molar-refractivity contribution >= 4 is 23.6 Å². The van der Waals surface area contributed by atoms with Crippen LogP contribution in [-0.4, -0.2) is 25.6 Å². The molecule has 1 aliphatic rings. The van der Waals surface area contributed by atoms with E-state index < -0.39 is 5.97 Å². The quantitative estimate of drug-likeness (QED) is 0.578. The first kappa shape index (κ1) is 19.4. The number of esters is 1. The Bertz CT molecular complexity index is 959. The summed E-state index contributed by atoms with van der Waals surface area (Å²) in [7, 11) is 1.27. The lowest BCUT2D eigenvalue weighted by Crippen LogP contribution is -2.24. The van der Waals surface area contributed by atoms with Gasteiger partial charge in [-0.2, -0.15) is 0 Å². The molecule has 0 atom stereocenters. The molecule has 2 aromatic carbocycles. The summed E-state index contributed by atoms with van der Waals surface area (Å²) in [5, 5.41) is 0. The zero-order chi connectivity index (χ0) is 20.3. The number of ether oxygens (including phenoxy) is 2. The van der Waals surface area contributed by atoms with Gasteiger partial charge in [-0.25, -0.2) is 9.18 Å². The molecule has 0 spiro atoms. The van der Waals surface area contributed by atoms with E-state index in [4.69, 9.17) is 9.47 Å². The van der Waals surface area contributed by atoms with Gasteiger partial charge in [-0.1, -0.05) is 12.1 Å². The van der Waals surface area contributed by atoms with Crippen molar-refractivity contribution < 1.29 is 23.5 Å². The average molecular weight is 381 g/mol. The molecule has 0 aromatic heterocycles. The van der Waals surface area contributed by atoms with Crippen LogP contribution in [0.3, 0.4) is 0 Å². The average Bonchev–Trinajstić information content (AvgIpc) is 2.94. The van der Waals surface area contributed by atoms with E-state index in [0.29, 0.717) is 29.3 Å². The Labute approximate surface area is 162 Å². The van der Waals surface area contributed by atoms with Crippen LogP contribution in [-0.2, 0) is 14.3 Å². The van der Waals surface area contributed by atoms with E-state index in [0.717, 1.165) is 0 Å². The summed E-state index contributed by atoms with van der Waals surface area (Å²) >= 11 is 0. The van der Waals surface area contributed by atoms with Crippen LogP contribution in [0.2, 0.25) is 0 Å². The first-order valence-corrected chi connectivity index (χ1v) is 8.80. The van der Waals surface area contributed by atoms with Crippen LogP contribution in [0.1, 0.15) is 19.4 Å². The Balaban J connectivity index is 2.05. The SMILES string of the molecule is CCOc1ccc(N2C(=O)/C(=C\c3ccc(F)cc3)C(C(=O)OC)=C2C)cc1. The van der Waals surface area contributed by atoms with E-state index in [1.165, 1.54) is 24.1 Å². The predicted molar refractivity (Wildman–Crippen MR) is 104 cm³/mol. The second-order valence-corrected chi connectivity index (χ2v) is 6.13. The number of nitrogens with zero attached hydrogens (tertiary/aromatic N) is 1. The smallest absolute Gasteiger partial charge is 0.340 e. The number of hydrogen-bond acceptors (Lipinski definition) is 4. The summed E-state index contributed by atoms with van der Waals surface area (Å²) in [6, 6.07) is 12.7.